The van der Waals surface area contributed by atoms with E-state index in [0.29, 0.717) is 23.3 Å². The van der Waals surface area contributed by atoms with Crippen molar-refractivity contribution in [3.8, 4) is 0 Å². The van der Waals surface area contributed by atoms with Gasteiger partial charge in [0.2, 0.25) is 0 Å². The summed E-state index contributed by atoms with van der Waals surface area (Å²) in [6.45, 7) is 0. The first-order valence-electron chi connectivity index (χ1n) is 3.90. The molecular weight excluding hydrogens is 144 g/mol. The highest BCUT2D eigenvalue weighted by molar-refractivity contribution is 8.00. The van der Waals surface area contributed by atoms with Crippen molar-refractivity contribution in [2.24, 2.45) is 17.4 Å². The molecular formula is C7H14N2S. The molecule has 3 aliphatic rings. The molecule has 4 N–H and O–H groups in total. The standard InChI is InChI=1S/C7H14N2S/c8-5-2-7-6(9)1-4(5)3-10-7/h4-7H,1-3,8-9H2. The van der Waals surface area contributed by atoms with Gasteiger partial charge in [0.25, 0.3) is 0 Å². The van der Waals surface area contributed by atoms with Crippen molar-refractivity contribution in [2.45, 2.75) is 30.2 Å². The van der Waals surface area contributed by atoms with Crippen LogP contribution in [0.15, 0.2) is 0 Å². The van der Waals surface area contributed by atoms with Crippen LogP contribution in [-0.4, -0.2) is 23.1 Å². The van der Waals surface area contributed by atoms with Crippen LogP contribution < -0.4 is 11.5 Å². The third-order valence-electron chi connectivity index (χ3n) is 2.69. The lowest BCUT2D eigenvalue weighted by atomic mass is 9.82. The second-order valence-electron chi connectivity index (χ2n) is 3.43. The Labute approximate surface area is 65.7 Å². The fraction of sp³-hybridized carbons (Fsp3) is 1.00. The van der Waals surface area contributed by atoms with E-state index in [2.05, 4.69) is 0 Å². The molecule has 2 bridgehead atoms. The lowest BCUT2D eigenvalue weighted by Gasteiger charge is -2.43. The maximum Gasteiger partial charge on any atom is 0.0214 e. The molecule has 1 saturated carbocycles. The van der Waals surface area contributed by atoms with E-state index in [4.69, 9.17) is 11.5 Å². The molecule has 1 aliphatic carbocycles. The zero-order chi connectivity index (χ0) is 7.14. The molecule has 0 aromatic rings. The van der Waals surface area contributed by atoms with Gasteiger partial charge in [-0.05, 0) is 24.5 Å². The number of hydrogen-bond acceptors (Lipinski definition) is 3. The fourth-order valence-electron chi connectivity index (χ4n) is 1.94. The third kappa shape index (κ3) is 0.966. The van der Waals surface area contributed by atoms with Crippen molar-refractivity contribution in [2.75, 3.05) is 5.75 Å². The summed E-state index contributed by atoms with van der Waals surface area (Å²) >= 11 is 2.02. The molecule has 0 aromatic heterocycles. The zero-order valence-corrected chi connectivity index (χ0v) is 6.81. The Hall–Kier alpha value is 0.270. The van der Waals surface area contributed by atoms with Gasteiger partial charge in [-0.15, -0.1) is 0 Å². The summed E-state index contributed by atoms with van der Waals surface area (Å²) in [5, 5.41) is 0.667. The maximum absolute atomic E-state index is 5.91. The predicted molar refractivity (Wildman–Crippen MR) is 44.9 cm³/mol. The molecule has 3 fully saturated rings. The van der Waals surface area contributed by atoms with Crippen LogP contribution in [0.5, 0.6) is 0 Å². The van der Waals surface area contributed by atoms with Crippen molar-refractivity contribution in [1.29, 1.82) is 0 Å². The van der Waals surface area contributed by atoms with E-state index in [-0.39, 0.29) is 0 Å². The Bertz CT molecular complexity index is 124. The van der Waals surface area contributed by atoms with Crippen molar-refractivity contribution in [1.82, 2.24) is 0 Å². The minimum atomic E-state index is 0.434. The Morgan fingerprint density at radius 1 is 1.10 bits per heavy atom. The number of nitrogens with two attached hydrogens (primary N) is 2. The third-order valence-corrected chi connectivity index (χ3v) is 4.28. The SMILES string of the molecule is NC1CC2SCC1CC2N. The van der Waals surface area contributed by atoms with Crippen molar-refractivity contribution < 1.29 is 0 Å². The van der Waals surface area contributed by atoms with E-state index >= 15 is 0 Å². The molecule has 0 aromatic carbocycles. The predicted octanol–water partition coefficient (Wildman–Crippen LogP) is 0.166. The van der Waals surface area contributed by atoms with Crippen LogP contribution in [0.3, 0.4) is 0 Å². The first-order chi connectivity index (χ1) is 4.77. The van der Waals surface area contributed by atoms with Crippen molar-refractivity contribution >= 4 is 11.8 Å². The lowest BCUT2D eigenvalue weighted by molar-refractivity contribution is 0.295. The molecule has 0 amide bonds. The summed E-state index contributed by atoms with van der Waals surface area (Å²) in [7, 11) is 0. The van der Waals surface area contributed by atoms with Gasteiger partial charge >= 0.3 is 0 Å². The Morgan fingerprint density at radius 3 is 2.20 bits per heavy atom. The number of fused-ring (bicyclic) bond motifs is 3. The average molecular weight is 158 g/mol. The van der Waals surface area contributed by atoms with Gasteiger partial charge in [-0.2, -0.15) is 11.8 Å². The molecule has 10 heavy (non-hydrogen) atoms. The van der Waals surface area contributed by atoms with Crippen LogP contribution in [0, 0.1) is 5.92 Å². The first kappa shape index (κ1) is 6.95. The molecule has 2 nitrogen and oxygen atoms in total. The first-order valence-corrected chi connectivity index (χ1v) is 4.95. The highest BCUT2D eigenvalue weighted by atomic mass is 32.2. The van der Waals surface area contributed by atoms with Gasteiger partial charge in [0, 0.05) is 17.3 Å². The molecule has 0 spiro atoms. The average Bonchev–Trinajstić information content (AvgIpc) is 1.91. The molecule has 2 aliphatic heterocycles. The normalized spacial score (nSPS) is 53.4. The van der Waals surface area contributed by atoms with E-state index in [1.807, 2.05) is 11.8 Å². The van der Waals surface area contributed by atoms with E-state index in [0.717, 1.165) is 6.42 Å². The van der Waals surface area contributed by atoms with Crippen LogP contribution in [0.2, 0.25) is 0 Å². The number of rotatable bonds is 0. The van der Waals surface area contributed by atoms with Crippen LogP contribution in [0.25, 0.3) is 0 Å². The highest BCUT2D eigenvalue weighted by Crippen LogP contribution is 2.39. The fourth-order valence-corrected chi connectivity index (χ4v) is 3.54. The van der Waals surface area contributed by atoms with Crippen LogP contribution in [0.4, 0.5) is 0 Å². The molecule has 2 saturated heterocycles. The summed E-state index contributed by atoms with van der Waals surface area (Å²) in [6.07, 6.45) is 2.31. The van der Waals surface area contributed by atoms with Gasteiger partial charge in [0.05, 0.1) is 0 Å². The molecule has 58 valence electrons. The summed E-state index contributed by atoms with van der Waals surface area (Å²) in [5.74, 6) is 1.96. The molecule has 3 heteroatoms. The molecule has 0 radical (unpaired) electrons. The maximum atomic E-state index is 5.91. The Kier molecular flexibility index (Phi) is 1.66. The zero-order valence-electron chi connectivity index (χ0n) is 5.99. The van der Waals surface area contributed by atoms with E-state index in [1.54, 1.807) is 0 Å². The molecule has 4 atom stereocenters. The van der Waals surface area contributed by atoms with Crippen LogP contribution >= 0.6 is 11.8 Å². The van der Waals surface area contributed by atoms with Gasteiger partial charge in [0.1, 0.15) is 0 Å². The Morgan fingerprint density at radius 2 is 1.90 bits per heavy atom. The van der Waals surface area contributed by atoms with Crippen molar-refractivity contribution in [3.63, 3.8) is 0 Å². The van der Waals surface area contributed by atoms with Gasteiger partial charge in [-0.25, -0.2) is 0 Å². The second kappa shape index (κ2) is 2.40. The number of thioether (sulfide) groups is 1. The second-order valence-corrected chi connectivity index (χ2v) is 4.70. The summed E-state index contributed by atoms with van der Waals surface area (Å²) in [4.78, 5) is 0. The molecule has 2 heterocycles. The van der Waals surface area contributed by atoms with Gasteiger partial charge in [-0.1, -0.05) is 0 Å². The van der Waals surface area contributed by atoms with Gasteiger partial charge in [0.15, 0.2) is 0 Å². The highest BCUT2D eigenvalue weighted by Gasteiger charge is 2.38. The topological polar surface area (TPSA) is 52.0 Å². The summed E-state index contributed by atoms with van der Waals surface area (Å²) < 4.78 is 0. The minimum absolute atomic E-state index is 0.434. The summed E-state index contributed by atoms with van der Waals surface area (Å²) in [5.41, 5.74) is 11.8. The van der Waals surface area contributed by atoms with Crippen LogP contribution in [0.1, 0.15) is 12.8 Å². The quantitative estimate of drug-likeness (QED) is 0.528. The van der Waals surface area contributed by atoms with Crippen LogP contribution in [-0.2, 0) is 0 Å². The molecule has 3 rings (SSSR count). The monoisotopic (exact) mass is 158 g/mol. The largest absolute Gasteiger partial charge is 0.327 e. The van der Waals surface area contributed by atoms with Crippen molar-refractivity contribution in [3.05, 3.63) is 0 Å². The van der Waals surface area contributed by atoms with E-state index in [9.17, 15) is 0 Å². The summed E-state index contributed by atoms with van der Waals surface area (Å²) in [6, 6.07) is 0.884. The lowest BCUT2D eigenvalue weighted by Crippen LogP contribution is -2.53. The number of hydrogen-bond donors (Lipinski definition) is 2. The van der Waals surface area contributed by atoms with E-state index < -0.39 is 0 Å². The van der Waals surface area contributed by atoms with Gasteiger partial charge in [-0.3, -0.25) is 0 Å². The minimum Gasteiger partial charge on any atom is -0.327 e. The van der Waals surface area contributed by atoms with Gasteiger partial charge < -0.3 is 11.5 Å². The van der Waals surface area contributed by atoms with E-state index in [1.165, 1.54) is 12.2 Å². The smallest absolute Gasteiger partial charge is 0.0214 e. The Balaban J connectivity index is 2.09. The molecule has 4 unspecified atom stereocenters.